The third kappa shape index (κ3) is 4.24. The quantitative estimate of drug-likeness (QED) is 0.623. The predicted octanol–water partition coefficient (Wildman–Crippen LogP) is 1.46. The van der Waals surface area contributed by atoms with E-state index in [1.807, 2.05) is 32.9 Å². The number of carboxylic acid groups (broad SMARTS) is 1. The first-order valence-corrected chi connectivity index (χ1v) is 9.72. The largest absolute Gasteiger partial charge is 1.00 e. The summed E-state index contributed by atoms with van der Waals surface area (Å²) in [6.45, 7) is 5.76. The van der Waals surface area contributed by atoms with Gasteiger partial charge in [0, 0.05) is 11.8 Å². The number of rotatable bonds is 5. The SMILES string of the molecule is Cc1c(-c2noc(-c3cnc(OC(C)C)c(Cl)c3)n2)ccc2c1CC(C(=O)O)C2.[H-].[Li+]. The second kappa shape index (κ2) is 8.81. The summed E-state index contributed by atoms with van der Waals surface area (Å²) in [7, 11) is 0. The van der Waals surface area contributed by atoms with Gasteiger partial charge in [-0.1, -0.05) is 28.9 Å². The molecule has 3 aromatic rings. The van der Waals surface area contributed by atoms with E-state index in [9.17, 15) is 9.90 Å². The normalized spacial score (nSPS) is 15.0. The minimum Gasteiger partial charge on any atom is -1.00 e. The van der Waals surface area contributed by atoms with E-state index < -0.39 is 5.97 Å². The first kappa shape index (κ1) is 22.4. The van der Waals surface area contributed by atoms with Crippen molar-refractivity contribution in [3.8, 4) is 28.7 Å². The first-order valence-electron chi connectivity index (χ1n) is 9.34. The number of fused-ring (bicyclic) bond motifs is 1. The molecule has 1 aromatic carbocycles. The van der Waals surface area contributed by atoms with Crippen LogP contribution in [-0.2, 0) is 17.6 Å². The van der Waals surface area contributed by atoms with Gasteiger partial charge in [0.15, 0.2) is 0 Å². The van der Waals surface area contributed by atoms with Gasteiger partial charge in [-0.2, -0.15) is 4.98 Å². The number of aromatic nitrogens is 3. The number of hydrogen-bond acceptors (Lipinski definition) is 6. The first-order chi connectivity index (χ1) is 13.8. The fourth-order valence-corrected chi connectivity index (χ4v) is 3.80. The Morgan fingerprint density at radius 2 is 2.13 bits per heavy atom. The minimum atomic E-state index is -0.765. The maximum atomic E-state index is 11.3. The number of halogens is 1. The van der Waals surface area contributed by atoms with Gasteiger partial charge in [-0.25, -0.2) is 4.98 Å². The smallest absolute Gasteiger partial charge is 1.00 e. The van der Waals surface area contributed by atoms with Gasteiger partial charge in [-0.05, 0) is 56.4 Å². The van der Waals surface area contributed by atoms with Crippen molar-refractivity contribution >= 4 is 17.6 Å². The van der Waals surface area contributed by atoms with Gasteiger partial charge in [-0.3, -0.25) is 4.79 Å². The zero-order valence-corrected chi connectivity index (χ0v) is 18.0. The fraction of sp³-hybridized carbons (Fsp3) is 0.333. The third-order valence-electron chi connectivity index (χ3n) is 5.03. The molecule has 1 unspecified atom stereocenters. The van der Waals surface area contributed by atoms with Crippen LogP contribution >= 0.6 is 11.6 Å². The van der Waals surface area contributed by atoms with Crippen molar-refractivity contribution in [3.63, 3.8) is 0 Å². The Morgan fingerprint density at radius 3 is 2.80 bits per heavy atom. The van der Waals surface area contributed by atoms with E-state index in [1.165, 1.54) is 0 Å². The predicted molar refractivity (Wildman–Crippen MR) is 108 cm³/mol. The Kier molecular flexibility index (Phi) is 6.56. The molecule has 152 valence electrons. The molecule has 0 saturated carbocycles. The van der Waals surface area contributed by atoms with Crippen molar-refractivity contribution in [2.45, 2.75) is 39.7 Å². The number of hydrogen-bond donors (Lipinski definition) is 1. The molecule has 0 amide bonds. The van der Waals surface area contributed by atoms with Crippen LogP contribution in [-0.4, -0.2) is 32.3 Å². The van der Waals surface area contributed by atoms with Crippen LogP contribution in [0.15, 0.2) is 28.9 Å². The van der Waals surface area contributed by atoms with Crippen molar-refractivity contribution in [1.29, 1.82) is 0 Å². The van der Waals surface area contributed by atoms with Crippen LogP contribution < -0.4 is 23.6 Å². The molecular formula is C21H21ClLiN3O4. The average molecular weight is 422 g/mol. The van der Waals surface area contributed by atoms with Crippen molar-refractivity contribution in [2.24, 2.45) is 5.92 Å². The maximum absolute atomic E-state index is 11.3. The van der Waals surface area contributed by atoms with Gasteiger partial charge in [0.05, 0.1) is 17.6 Å². The van der Waals surface area contributed by atoms with Crippen LogP contribution in [0.25, 0.3) is 22.8 Å². The zero-order valence-electron chi connectivity index (χ0n) is 18.3. The molecule has 2 aromatic heterocycles. The second-order valence-corrected chi connectivity index (χ2v) is 7.83. The Bertz CT molecular complexity index is 1110. The number of benzene rings is 1. The van der Waals surface area contributed by atoms with Gasteiger partial charge in [0.1, 0.15) is 5.02 Å². The maximum Gasteiger partial charge on any atom is 1.00 e. The molecule has 30 heavy (non-hydrogen) atoms. The van der Waals surface area contributed by atoms with Crippen molar-refractivity contribution < 1.29 is 39.4 Å². The number of ether oxygens (including phenoxy) is 1. The van der Waals surface area contributed by atoms with Crippen LogP contribution in [0.2, 0.25) is 5.02 Å². The number of carbonyl (C=O) groups is 1. The second-order valence-electron chi connectivity index (χ2n) is 7.42. The van der Waals surface area contributed by atoms with Crippen LogP contribution in [0.1, 0.15) is 32.0 Å². The molecule has 0 saturated heterocycles. The van der Waals surface area contributed by atoms with Crippen LogP contribution in [0, 0.1) is 12.8 Å². The van der Waals surface area contributed by atoms with E-state index >= 15 is 0 Å². The molecule has 1 atom stereocenters. The van der Waals surface area contributed by atoms with Gasteiger partial charge >= 0.3 is 24.8 Å². The molecule has 7 nitrogen and oxygen atoms in total. The van der Waals surface area contributed by atoms with E-state index in [0.29, 0.717) is 41.0 Å². The van der Waals surface area contributed by atoms with Crippen LogP contribution in [0.3, 0.4) is 0 Å². The standard InChI is InChI=1S/C21H20ClN3O4.Li.H/c1-10(2)28-20-17(22)8-14(9-23-20)19-24-18(25-29-19)15-5-4-12-6-13(21(26)27)7-16(12)11(15)3;;/h4-5,8-10,13H,6-7H2,1-3H3,(H,26,27);;/q;+1;-1. The average Bonchev–Trinajstić information content (AvgIpc) is 3.31. The van der Waals surface area contributed by atoms with Crippen LogP contribution in [0.4, 0.5) is 0 Å². The topological polar surface area (TPSA) is 98.3 Å². The summed E-state index contributed by atoms with van der Waals surface area (Å²) in [5.41, 5.74) is 4.52. The molecule has 4 rings (SSSR count). The molecule has 0 aliphatic heterocycles. The number of aliphatic carboxylic acids is 1. The number of carboxylic acids is 1. The van der Waals surface area contributed by atoms with Gasteiger partial charge in [0.25, 0.3) is 5.89 Å². The van der Waals surface area contributed by atoms with E-state index in [2.05, 4.69) is 15.1 Å². The Balaban J connectivity index is 0.00000171. The summed E-state index contributed by atoms with van der Waals surface area (Å²) in [6, 6.07) is 5.54. The molecule has 1 N–H and O–H groups in total. The van der Waals surface area contributed by atoms with E-state index in [4.69, 9.17) is 20.9 Å². The summed E-state index contributed by atoms with van der Waals surface area (Å²) in [5.74, 6) is -0.0445. The molecular weight excluding hydrogens is 401 g/mol. The van der Waals surface area contributed by atoms with E-state index in [-0.39, 0.29) is 32.3 Å². The molecule has 0 radical (unpaired) electrons. The van der Waals surface area contributed by atoms with Crippen LogP contribution in [0.5, 0.6) is 5.88 Å². The summed E-state index contributed by atoms with van der Waals surface area (Å²) in [5, 5.41) is 13.8. The third-order valence-corrected chi connectivity index (χ3v) is 5.30. The number of nitrogens with zero attached hydrogens (tertiary/aromatic N) is 3. The Labute approximate surface area is 192 Å². The number of pyridine rings is 1. The monoisotopic (exact) mass is 421 g/mol. The molecule has 0 bridgehead atoms. The van der Waals surface area contributed by atoms with Gasteiger partial charge in [-0.15, -0.1) is 0 Å². The van der Waals surface area contributed by atoms with E-state index in [1.54, 1.807) is 12.3 Å². The summed E-state index contributed by atoms with van der Waals surface area (Å²) in [4.78, 5) is 20.1. The van der Waals surface area contributed by atoms with Crippen molar-refractivity contribution in [3.05, 3.63) is 46.1 Å². The fourth-order valence-electron chi connectivity index (χ4n) is 3.59. The molecule has 0 fully saturated rings. The summed E-state index contributed by atoms with van der Waals surface area (Å²) < 4.78 is 11.0. The molecule has 1 aliphatic carbocycles. The molecule has 1 aliphatic rings. The van der Waals surface area contributed by atoms with Gasteiger partial charge in [0.2, 0.25) is 11.7 Å². The summed E-state index contributed by atoms with van der Waals surface area (Å²) >= 11 is 6.25. The van der Waals surface area contributed by atoms with Crippen molar-refractivity contribution in [2.75, 3.05) is 0 Å². The van der Waals surface area contributed by atoms with Gasteiger partial charge < -0.3 is 15.8 Å². The minimum absolute atomic E-state index is 0. The Hall–Kier alpha value is -2.33. The van der Waals surface area contributed by atoms with E-state index in [0.717, 1.165) is 22.3 Å². The van der Waals surface area contributed by atoms with Crippen molar-refractivity contribution in [1.82, 2.24) is 15.1 Å². The Morgan fingerprint density at radius 1 is 1.37 bits per heavy atom. The molecule has 2 heterocycles. The molecule has 0 spiro atoms. The molecule has 9 heteroatoms. The zero-order chi connectivity index (χ0) is 20.7. The summed E-state index contributed by atoms with van der Waals surface area (Å²) in [6.07, 6.45) is 2.61.